The molecule has 0 aliphatic carbocycles. The Labute approximate surface area is 136 Å². The summed E-state index contributed by atoms with van der Waals surface area (Å²) < 4.78 is 13.7. The zero-order chi connectivity index (χ0) is 16.3. The van der Waals surface area contributed by atoms with Crippen molar-refractivity contribution in [1.82, 2.24) is 0 Å². The van der Waals surface area contributed by atoms with Crippen molar-refractivity contribution in [2.24, 2.45) is 0 Å². The molecule has 2 aromatic carbocycles. The van der Waals surface area contributed by atoms with E-state index in [0.29, 0.717) is 10.2 Å². The summed E-state index contributed by atoms with van der Waals surface area (Å²) in [5.74, 6) is -0.980. The number of rotatable bonds is 3. The van der Waals surface area contributed by atoms with E-state index in [9.17, 15) is 14.0 Å². The van der Waals surface area contributed by atoms with Gasteiger partial charge in [0.15, 0.2) is 0 Å². The third-order valence-corrected chi connectivity index (χ3v) is 3.85. The molecule has 0 heterocycles. The first-order chi connectivity index (χ1) is 10.4. The molecule has 22 heavy (non-hydrogen) atoms. The number of nitrogens with zero attached hydrogens (tertiary/aromatic N) is 1. The van der Waals surface area contributed by atoms with Gasteiger partial charge in [-0.15, -0.1) is 0 Å². The molecule has 6 heteroatoms. The highest BCUT2D eigenvalue weighted by Gasteiger charge is 2.12. The van der Waals surface area contributed by atoms with Crippen LogP contribution in [0.15, 0.2) is 46.9 Å². The number of amides is 2. The van der Waals surface area contributed by atoms with Crippen molar-refractivity contribution in [3.8, 4) is 0 Å². The van der Waals surface area contributed by atoms with Crippen molar-refractivity contribution in [3.05, 3.63) is 58.3 Å². The minimum absolute atomic E-state index is 0.0829. The normalized spacial score (nSPS) is 10.2. The molecule has 0 aromatic heterocycles. The summed E-state index contributed by atoms with van der Waals surface area (Å²) in [6.07, 6.45) is 0. The molecule has 0 saturated heterocycles. The van der Waals surface area contributed by atoms with E-state index in [1.165, 1.54) is 24.0 Å². The highest BCUT2D eigenvalue weighted by molar-refractivity contribution is 9.10. The number of carbonyl (C=O) groups is 2. The second kappa shape index (κ2) is 6.70. The van der Waals surface area contributed by atoms with Crippen LogP contribution < -0.4 is 10.2 Å². The molecule has 0 spiro atoms. The van der Waals surface area contributed by atoms with Crippen LogP contribution in [0.3, 0.4) is 0 Å². The van der Waals surface area contributed by atoms with Crippen molar-refractivity contribution in [2.75, 3.05) is 17.3 Å². The highest BCUT2D eigenvalue weighted by atomic mass is 79.9. The minimum Gasteiger partial charge on any atom is -0.322 e. The molecule has 0 fully saturated rings. The van der Waals surface area contributed by atoms with E-state index < -0.39 is 11.7 Å². The molecule has 114 valence electrons. The molecule has 0 aliphatic rings. The molecule has 0 bridgehead atoms. The van der Waals surface area contributed by atoms with Crippen LogP contribution >= 0.6 is 15.9 Å². The Morgan fingerprint density at radius 2 is 1.77 bits per heavy atom. The van der Waals surface area contributed by atoms with Gasteiger partial charge in [0.1, 0.15) is 5.82 Å². The van der Waals surface area contributed by atoms with Gasteiger partial charge in [-0.2, -0.15) is 0 Å². The Morgan fingerprint density at radius 3 is 2.36 bits per heavy atom. The van der Waals surface area contributed by atoms with Gasteiger partial charge in [0.05, 0.1) is 5.56 Å². The van der Waals surface area contributed by atoms with Crippen LogP contribution in [0.5, 0.6) is 0 Å². The van der Waals surface area contributed by atoms with E-state index in [2.05, 4.69) is 21.2 Å². The average molecular weight is 365 g/mol. The van der Waals surface area contributed by atoms with Gasteiger partial charge in [0.2, 0.25) is 5.91 Å². The second-order valence-electron chi connectivity index (χ2n) is 4.70. The van der Waals surface area contributed by atoms with Crippen molar-refractivity contribution in [2.45, 2.75) is 6.92 Å². The molecule has 1 N–H and O–H groups in total. The first-order valence-corrected chi connectivity index (χ1v) is 7.28. The van der Waals surface area contributed by atoms with E-state index in [-0.39, 0.29) is 11.5 Å². The van der Waals surface area contributed by atoms with Crippen molar-refractivity contribution < 1.29 is 14.0 Å². The van der Waals surface area contributed by atoms with Crippen molar-refractivity contribution >= 4 is 39.1 Å². The zero-order valence-corrected chi connectivity index (χ0v) is 13.6. The molecule has 2 aromatic rings. The monoisotopic (exact) mass is 364 g/mol. The Kier molecular flexibility index (Phi) is 4.92. The van der Waals surface area contributed by atoms with Crippen LogP contribution in [0.2, 0.25) is 0 Å². The summed E-state index contributed by atoms with van der Waals surface area (Å²) >= 11 is 3.22. The largest absolute Gasteiger partial charge is 0.322 e. The first kappa shape index (κ1) is 16.2. The highest BCUT2D eigenvalue weighted by Crippen LogP contribution is 2.21. The quantitative estimate of drug-likeness (QED) is 0.899. The molecule has 0 radical (unpaired) electrons. The molecule has 2 rings (SSSR count). The molecular formula is C16H14BrFN2O2. The van der Waals surface area contributed by atoms with Crippen LogP contribution in [-0.4, -0.2) is 18.9 Å². The third-order valence-electron chi connectivity index (χ3n) is 3.16. The van der Waals surface area contributed by atoms with Gasteiger partial charge in [-0.25, -0.2) is 4.39 Å². The minimum atomic E-state index is -0.480. The lowest BCUT2D eigenvalue weighted by molar-refractivity contribution is -0.116. The van der Waals surface area contributed by atoms with E-state index in [1.807, 2.05) is 0 Å². The number of anilines is 2. The number of hydrogen-bond donors (Lipinski definition) is 1. The van der Waals surface area contributed by atoms with E-state index in [1.54, 1.807) is 31.3 Å². The first-order valence-electron chi connectivity index (χ1n) is 6.49. The van der Waals surface area contributed by atoms with Gasteiger partial charge >= 0.3 is 0 Å². The van der Waals surface area contributed by atoms with Gasteiger partial charge in [-0.3, -0.25) is 9.59 Å². The molecule has 2 amide bonds. The van der Waals surface area contributed by atoms with Gasteiger partial charge in [0.25, 0.3) is 5.91 Å². The number of halogens is 2. The predicted octanol–water partition coefficient (Wildman–Crippen LogP) is 3.82. The standard InChI is InChI=1S/C16H14BrFN2O2/c1-10(21)20(2)13-6-4-12(5-7-13)19-16(22)14-9-11(18)3-8-15(14)17/h3-9H,1-2H3,(H,19,22). The molecule has 0 aliphatic heterocycles. The summed E-state index contributed by atoms with van der Waals surface area (Å²) in [6, 6.07) is 10.7. The summed E-state index contributed by atoms with van der Waals surface area (Å²) in [7, 11) is 1.67. The Morgan fingerprint density at radius 1 is 1.14 bits per heavy atom. The van der Waals surface area contributed by atoms with Gasteiger partial charge in [0, 0.05) is 29.8 Å². The fourth-order valence-electron chi connectivity index (χ4n) is 1.82. The van der Waals surface area contributed by atoms with Crippen LogP contribution in [0, 0.1) is 5.82 Å². The number of benzene rings is 2. The molecule has 0 saturated carbocycles. The molecule has 4 nitrogen and oxygen atoms in total. The molecule has 0 atom stereocenters. The summed E-state index contributed by atoms with van der Waals surface area (Å²) in [4.78, 5) is 24.9. The van der Waals surface area contributed by atoms with E-state index in [4.69, 9.17) is 0 Å². The van der Waals surface area contributed by atoms with Crippen LogP contribution in [0.4, 0.5) is 15.8 Å². The maximum atomic E-state index is 13.2. The Balaban J connectivity index is 2.15. The summed E-state index contributed by atoms with van der Waals surface area (Å²) in [6.45, 7) is 1.47. The number of carbonyl (C=O) groups excluding carboxylic acids is 2. The van der Waals surface area contributed by atoms with Crippen LogP contribution in [0.1, 0.15) is 17.3 Å². The van der Waals surface area contributed by atoms with E-state index >= 15 is 0 Å². The van der Waals surface area contributed by atoms with Gasteiger partial charge in [-0.05, 0) is 58.4 Å². The topological polar surface area (TPSA) is 49.4 Å². The summed E-state index contributed by atoms with van der Waals surface area (Å²) in [5.41, 5.74) is 1.49. The van der Waals surface area contributed by atoms with Crippen LogP contribution in [0.25, 0.3) is 0 Å². The van der Waals surface area contributed by atoms with Gasteiger partial charge < -0.3 is 10.2 Å². The smallest absolute Gasteiger partial charge is 0.256 e. The lowest BCUT2D eigenvalue weighted by Crippen LogP contribution is -2.22. The van der Waals surface area contributed by atoms with E-state index in [0.717, 1.165) is 11.8 Å². The molecule has 0 unspecified atom stereocenters. The third kappa shape index (κ3) is 3.71. The second-order valence-corrected chi connectivity index (χ2v) is 5.56. The average Bonchev–Trinajstić information content (AvgIpc) is 2.49. The lowest BCUT2D eigenvalue weighted by Gasteiger charge is -2.15. The van der Waals surface area contributed by atoms with Gasteiger partial charge in [-0.1, -0.05) is 0 Å². The number of nitrogens with one attached hydrogen (secondary N) is 1. The van der Waals surface area contributed by atoms with Crippen molar-refractivity contribution in [1.29, 1.82) is 0 Å². The van der Waals surface area contributed by atoms with Crippen molar-refractivity contribution in [3.63, 3.8) is 0 Å². The fraction of sp³-hybridized carbons (Fsp3) is 0.125. The zero-order valence-electron chi connectivity index (χ0n) is 12.1. The maximum absolute atomic E-state index is 13.2. The summed E-state index contributed by atoms with van der Waals surface area (Å²) in [5, 5.41) is 2.68. The SMILES string of the molecule is CC(=O)N(C)c1ccc(NC(=O)c2cc(F)ccc2Br)cc1. The lowest BCUT2D eigenvalue weighted by atomic mass is 10.2. The fourth-order valence-corrected chi connectivity index (χ4v) is 2.25. The number of hydrogen-bond acceptors (Lipinski definition) is 2. The Bertz CT molecular complexity index is 717. The maximum Gasteiger partial charge on any atom is 0.256 e. The predicted molar refractivity (Wildman–Crippen MR) is 87.6 cm³/mol. The van der Waals surface area contributed by atoms with Crippen LogP contribution in [-0.2, 0) is 4.79 Å². The Hall–Kier alpha value is -2.21. The molecular weight excluding hydrogens is 351 g/mol.